The van der Waals surface area contributed by atoms with Gasteiger partial charge in [0, 0.05) is 12.2 Å². The molecule has 0 aromatic heterocycles. The molecule has 2 aromatic carbocycles. The minimum atomic E-state index is -0.959. The summed E-state index contributed by atoms with van der Waals surface area (Å²) in [7, 11) is 0. The highest BCUT2D eigenvalue weighted by atomic mass is 16.6. The van der Waals surface area contributed by atoms with Gasteiger partial charge in [-0.15, -0.1) is 0 Å². The topological polar surface area (TPSA) is 66.8 Å². The van der Waals surface area contributed by atoms with E-state index in [1.807, 2.05) is 49.4 Å². The van der Waals surface area contributed by atoms with Gasteiger partial charge in [0.25, 0.3) is 0 Å². The molecule has 1 N–H and O–H groups in total. The van der Waals surface area contributed by atoms with Crippen LogP contribution in [0.3, 0.4) is 0 Å². The second kappa shape index (κ2) is 7.98. The van der Waals surface area contributed by atoms with Crippen molar-refractivity contribution in [3.05, 3.63) is 65.7 Å². The van der Waals surface area contributed by atoms with Crippen LogP contribution in [0.2, 0.25) is 0 Å². The second-order valence-electron chi connectivity index (χ2n) is 5.12. The van der Waals surface area contributed by atoms with E-state index in [1.165, 1.54) is 4.90 Å². The summed E-state index contributed by atoms with van der Waals surface area (Å²) in [5, 5.41) is 8.89. The zero-order valence-electron chi connectivity index (χ0n) is 12.9. The number of aliphatic carboxylic acids is 1. The van der Waals surface area contributed by atoms with Crippen LogP contribution in [0.1, 0.15) is 17.5 Å². The first-order chi connectivity index (χ1) is 11.1. The minimum absolute atomic E-state index is 0.0633. The number of anilines is 1. The summed E-state index contributed by atoms with van der Waals surface area (Å²) in [6.45, 7) is 2.08. The fraction of sp³-hybridized carbons (Fsp3) is 0.222. The molecule has 120 valence electrons. The van der Waals surface area contributed by atoms with Crippen molar-refractivity contribution < 1.29 is 19.4 Å². The number of nitrogens with zero attached hydrogens (tertiary/aromatic N) is 1. The summed E-state index contributed by atoms with van der Waals surface area (Å²) in [5.74, 6) is -0.959. The molecule has 2 aromatic rings. The molecular formula is C18H19NO4. The fourth-order valence-corrected chi connectivity index (χ4v) is 2.18. The van der Waals surface area contributed by atoms with Crippen LogP contribution in [-0.4, -0.2) is 23.7 Å². The maximum Gasteiger partial charge on any atom is 0.414 e. The van der Waals surface area contributed by atoms with Crippen molar-refractivity contribution in [2.45, 2.75) is 20.0 Å². The van der Waals surface area contributed by atoms with Crippen molar-refractivity contribution in [3.8, 4) is 0 Å². The van der Waals surface area contributed by atoms with Gasteiger partial charge in [0.1, 0.15) is 6.61 Å². The summed E-state index contributed by atoms with van der Waals surface area (Å²) in [4.78, 5) is 24.6. The third-order valence-electron chi connectivity index (χ3n) is 3.38. The summed E-state index contributed by atoms with van der Waals surface area (Å²) in [6.07, 6.45) is -0.696. The highest BCUT2D eigenvalue weighted by Gasteiger charge is 2.19. The van der Waals surface area contributed by atoms with E-state index in [-0.39, 0.29) is 19.6 Å². The van der Waals surface area contributed by atoms with Crippen LogP contribution >= 0.6 is 0 Å². The molecule has 0 heterocycles. The van der Waals surface area contributed by atoms with Gasteiger partial charge in [0.2, 0.25) is 0 Å². The van der Waals surface area contributed by atoms with Crippen LogP contribution in [0.15, 0.2) is 54.6 Å². The van der Waals surface area contributed by atoms with Crippen molar-refractivity contribution in [1.29, 1.82) is 0 Å². The standard InChI is InChI=1S/C18H19NO4/c1-14-7-5-6-10-16(14)19(12-11-17(20)21)18(22)23-13-15-8-3-2-4-9-15/h2-10H,11-13H2,1H3,(H,20,21). The summed E-state index contributed by atoms with van der Waals surface area (Å²) >= 11 is 0. The Morgan fingerprint density at radius 3 is 2.35 bits per heavy atom. The average Bonchev–Trinajstić information content (AvgIpc) is 2.55. The zero-order chi connectivity index (χ0) is 16.7. The number of ether oxygens (including phenoxy) is 1. The molecule has 0 saturated heterocycles. The predicted octanol–water partition coefficient (Wildman–Crippen LogP) is 3.61. The van der Waals surface area contributed by atoms with Crippen molar-refractivity contribution in [3.63, 3.8) is 0 Å². The monoisotopic (exact) mass is 313 g/mol. The van der Waals surface area contributed by atoms with Crippen molar-refractivity contribution in [1.82, 2.24) is 0 Å². The number of carbonyl (C=O) groups is 2. The SMILES string of the molecule is Cc1ccccc1N(CCC(=O)O)C(=O)OCc1ccccc1. The lowest BCUT2D eigenvalue weighted by Gasteiger charge is -2.23. The number of aryl methyl sites for hydroxylation is 1. The van der Waals surface area contributed by atoms with Gasteiger partial charge in [-0.3, -0.25) is 9.69 Å². The lowest BCUT2D eigenvalue weighted by Crippen LogP contribution is -2.34. The Bertz CT molecular complexity index is 670. The normalized spacial score (nSPS) is 10.1. The predicted molar refractivity (Wildman–Crippen MR) is 87.4 cm³/mol. The molecule has 0 atom stereocenters. The van der Waals surface area contributed by atoms with Crippen LogP contribution < -0.4 is 4.90 Å². The molecule has 0 aliphatic carbocycles. The summed E-state index contributed by atoms with van der Waals surface area (Å²) in [6, 6.07) is 16.7. The first kappa shape index (κ1) is 16.5. The molecule has 23 heavy (non-hydrogen) atoms. The minimum Gasteiger partial charge on any atom is -0.481 e. The number of para-hydroxylation sites is 1. The Hall–Kier alpha value is -2.82. The van der Waals surface area contributed by atoms with Gasteiger partial charge < -0.3 is 9.84 Å². The Balaban J connectivity index is 2.11. The average molecular weight is 313 g/mol. The number of rotatable bonds is 6. The molecule has 0 spiro atoms. The van der Waals surface area contributed by atoms with Crippen molar-refractivity contribution in [2.24, 2.45) is 0 Å². The molecular weight excluding hydrogens is 294 g/mol. The van der Waals surface area contributed by atoms with E-state index in [2.05, 4.69) is 0 Å². The molecule has 2 rings (SSSR count). The van der Waals surface area contributed by atoms with Crippen LogP contribution in [0, 0.1) is 6.92 Å². The number of hydrogen-bond donors (Lipinski definition) is 1. The molecule has 0 radical (unpaired) electrons. The summed E-state index contributed by atoms with van der Waals surface area (Å²) in [5.41, 5.74) is 2.42. The Morgan fingerprint density at radius 1 is 1.04 bits per heavy atom. The van der Waals surface area contributed by atoms with Crippen LogP contribution in [-0.2, 0) is 16.1 Å². The van der Waals surface area contributed by atoms with Gasteiger partial charge in [-0.1, -0.05) is 48.5 Å². The molecule has 0 fully saturated rings. The Morgan fingerprint density at radius 2 is 1.70 bits per heavy atom. The maximum absolute atomic E-state index is 12.4. The van der Waals surface area contributed by atoms with Crippen molar-refractivity contribution in [2.75, 3.05) is 11.4 Å². The van der Waals surface area contributed by atoms with Crippen LogP contribution in [0.4, 0.5) is 10.5 Å². The zero-order valence-corrected chi connectivity index (χ0v) is 12.9. The van der Waals surface area contributed by atoms with Gasteiger partial charge in [-0.05, 0) is 24.1 Å². The van der Waals surface area contributed by atoms with Crippen LogP contribution in [0.25, 0.3) is 0 Å². The highest BCUT2D eigenvalue weighted by molar-refractivity contribution is 5.89. The molecule has 0 saturated carbocycles. The van der Waals surface area contributed by atoms with E-state index in [0.717, 1.165) is 11.1 Å². The third-order valence-corrected chi connectivity index (χ3v) is 3.38. The molecule has 0 aliphatic rings. The molecule has 0 unspecified atom stereocenters. The molecule has 0 aliphatic heterocycles. The third kappa shape index (κ3) is 4.85. The quantitative estimate of drug-likeness (QED) is 0.884. The van der Waals surface area contributed by atoms with Gasteiger partial charge in [-0.2, -0.15) is 0 Å². The van der Waals surface area contributed by atoms with Gasteiger partial charge in [0.15, 0.2) is 0 Å². The molecule has 5 nitrogen and oxygen atoms in total. The Labute approximate surface area is 135 Å². The number of carboxylic acid groups (broad SMARTS) is 1. The number of benzene rings is 2. The maximum atomic E-state index is 12.4. The first-order valence-electron chi connectivity index (χ1n) is 7.33. The Kier molecular flexibility index (Phi) is 5.74. The van der Waals surface area contributed by atoms with Gasteiger partial charge in [0.05, 0.1) is 6.42 Å². The van der Waals surface area contributed by atoms with Crippen LogP contribution in [0.5, 0.6) is 0 Å². The van der Waals surface area contributed by atoms with E-state index in [0.29, 0.717) is 5.69 Å². The van der Waals surface area contributed by atoms with Crippen molar-refractivity contribution >= 4 is 17.7 Å². The lowest BCUT2D eigenvalue weighted by atomic mass is 10.2. The van der Waals surface area contributed by atoms with E-state index >= 15 is 0 Å². The molecule has 1 amide bonds. The lowest BCUT2D eigenvalue weighted by molar-refractivity contribution is -0.136. The molecule has 0 bridgehead atoms. The highest BCUT2D eigenvalue weighted by Crippen LogP contribution is 2.21. The second-order valence-corrected chi connectivity index (χ2v) is 5.12. The smallest absolute Gasteiger partial charge is 0.414 e. The van der Waals surface area contributed by atoms with E-state index in [4.69, 9.17) is 9.84 Å². The van der Waals surface area contributed by atoms with E-state index in [1.54, 1.807) is 12.1 Å². The van der Waals surface area contributed by atoms with E-state index < -0.39 is 12.1 Å². The number of carboxylic acids is 1. The number of hydrogen-bond acceptors (Lipinski definition) is 3. The fourth-order valence-electron chi connectivity index (χ4n) is 2.18. The number of amides is 1. The first-order valence-corrected chi connectivity index (χ1v) is 7.33. The van der Waals surface area contributed by atoms with Gasteiger partial charge in [-0.25, -0.2) is 4.79 Å². The largest absolute Gasteiger partial charge is 0.481 e. The molecule has 5 heteroatoms. The number of carbonyl (C=O) groups excluding carboxylic acids is 1. The van der Waals surface area contributed by atoms with Gasteiger partial charge >= 0.3 is 12.1 Å². The van der Waals surface area contributed by atoms with E-state index in [9.17, 15) is 9.59 Å². The summed E-state index contributed by atoms with van der Waals surface area (Å²) < 4.78 is 5.33.